The van der Waals surface area contributed by atoms with Crippen LogP contribution in [-0.4, -0.2) is 49.1 Å². The summed E-state index contributed by atoms with van der Waals surface area (Å²) >= 11 is 2.07. The Bertz CT molecular complexity index is 165. The monoisotopic (exact) mass is 214 g/mol. The molecular formula is C11H22N2S. The van der Waals surface area contributed by atoms with Crippen molar-refractivity contribution in [2.75, 3.05) is 44.2 Å². The van der Waals surface area contributed by atoms with Crippen LogP contribution in [0.1, 0.15) is 13.3 Å². The molecule has 2 nitrogen and oxygen atoms in total. The SMILES string of the molecule is C=C(CC)CNCCN1CCSCC1. The Hall–Kier alpha value is 0.0100. The Morgan fingerprint density at radius 2 is 2.14 bits per heavy atom. The number of hydrogen-bond acceptors (Lipinski definition) is 3. The van der Waals surface area contributed by atoms with Crippen molar-refractivity contribution in [2.24, 2.45) is 0 Å². The van der Waals surface area contributed by atoms with E-state index in [0.717, 1.165) is 19.5 Å². The van der Waals surface area contributed by atoms with E-state index < -0.39 is 0 Å². The van der Waals surface area contributed by atoms with Crippen molar-refractivity contribution >= 4 is 11.8 Å². The van der Waals surface area contributed by atoms with Crippen LogP contribution in [0.3, 0.4) is 0 Å². The molecule has 1 N–H and O–H groups in total. The van der Waals surface area contributed by atoms with Gasteiger partial charge in [0.1, 0.15) is 0 Å². The zero-order chi connectivity index (χ0) is 10.2. The van der Waals surface area contributed by atoms with E-state index in [4.69, 9.17) is 0 Å². The van der Waals surface area contributed by atoms with E-state index in [-0.39, 0.29) is 0 Å². The van der Waals surface area contributed by atoms with Crippen LogP contribution in [0.2, 0.25) is 0 Å². The minimum atomic E-state index is 0.985. The molecule has 0 atom stereocenters. The van der Waals surface area contributed by atoms with Gasteiger partial charge in [-0.2, -0.15) is 11.8 Å². The lowest BCUT2D eigenvalue weighted by atomic mass is 10.2. The molecule has 0 unspecified atom stereocenters. The molecule has 0 radical (unpaired) electrons. The largest absolute Gasteiger partial charge is 0.312 e. The third-order valence-electron chi connectivity index (χ3n) is 2.58. The molecule has 1 fully saturated rings. The van der Waals surface area contributed by atoms with E-state index in [1.807, 2.05) is 0 Å². The van der Waals surface area contributed by atoms with Crippen molar-refractivity contribution in [3.63, 3.8) is 0 Å². The fraction of sp³-hybridized carbons (Fsp3) is 0.818. The quantitative estimate of drug-likeness (QED) is 0.534. The maximum atomic E-state index is 3.98. The highest BCUT2D eigenvalue weighted by Crippen LogP contribution is 2.07. The molecule has 0 aliphatic carbocycles. The van der Waals surface area contributed by atoms with Gasteiger partial charge in [-0.3, -0.25) is 0 Å². The molecule has 1 saturated heterocycles. The van der Waals surface area contributed by atoms with Gasteiger partial charge < -0.3 is 10.2 Å². The van der Waals surface area contributed by atoms with Crippen molar-refractivity contribution < 1.29 is 0 Å². The first kappa shape index (κ1) is 12.1. The summed E-state index contributed by atoms with van der Waals surface area (Å²) in [6, 6.07) is 0. The molecule has 0 amide bonds. The third-order valence-corrected chi connectivity index (χ3v) is 3.53. The third kappa shape index (κ3) is 5.03. The predicted octanol–water partition coefficient (Wildman–Crippen LogP) is 1.59. The minimum Gasteiger partial charge on any atom is -0.312 e. The normalized spacial score (nSPS) is 18.4. The Balaban J connectivity index is 1.94. The van der Waals surface area contributed by atoms with Crippen LogP contribution in [0.5, 0.6) is 0 Å². The van der Waals surface area contributed by atoms with Gasteiger partial charge in [0.25, 0.3) is 0 Å². The van der Waals surface area contributed by atoms with Crippen LogP contribution in [0, 0.1) is 0 Å². The average molecular weight is 214 g/mol. The first-order valence-corrected chi connectivity index (χ1v) is 6.66. The molecule has 1 rings (SSSR count). The zero-order valence-corrected chi connectivity index (χ0v) is 10.0. The van der Waals surface area contributed by atoms with E-state index >= 15 is 0 Å². The summed E-state index contributed by atoms with van der Waals surface area (Å²) in [5.41, 5.74) is 1.30. The van der Waals surface area contributed by atoms with Gasteiger partial charge in [-0.15, -0.1) is 0 Å². The van der Waals surface area contributed by atoms with Crippen molar-refractivity contribution in [3.05, 3.63) is 12.2 Å². The molecule has 82 valence electrons. The van der Waals surface area contributed by atoms with E-state index in [0.29, 0.717) is 0 Å². The highest BCUT2D eigenvalue weighted by atomic mass is 32.2. The first-order valence-electron chi connectivity index (χ1n) is 5.50. The van der Waals surface area contributed by atoms with Gasteiger partial charge >= 0.3 is 0 Å². The summed E-state index contributed by atoms with van der Waals surface area (Å²) in [5, 5.41) is 3.44. The van der Waals surface area contributed by atoms with Gasteiger partial charge in [0, 0.05) is 44.2 Å². The van der Waals surface area contributed by atoms with Gasteiger partial charge in [-0.1, -0.05) is 19.1 Å². The molecule has 1 heterocycles. The van der Waals surface area contributed by atoms with Gasteiger partial charge in [-0.05, 0) is 6.42 Å². The summed E-state index contributed by atoms with van der Waals surface area (Å²) in [7, 11) is 0. The van der Waals surface area contributed by atoms with Gasteiger partial charge in [0.15, 0.2) is 0 Å². The van der Waals surface area contributed by atoms with E-state index in [1.54, 1.807) is 0 Å². The highest BCUT2D eigenvalue weighted by molar-refractivity contribution is 7.99. The molecule has 0 spiro atoms. The summed E-state index contributed by atoms with van der Waals surface area (Å²) < 4.78 is 0. The number of hydrogen-bond donors (Lipinski definition) is 1. The molecule has 1 aliphatic heterocycles. The Labute approximate surface area is 92.1 Å². The van der Waals surface area contributed by atoms with Crippen LogP contribution < -0.4 is 5.32 Å². The zero-order valence-electron chi connectivity index (χ0n) is 9.22. The smallest absolute Gasteiger partial charge is 0.0162 e. The summed E-state index contributed by atoms with van der Waals surface area (Å²) in [5.74, 6) is 2.61. The molecule has 0 aromatic carbocycles. The van der Waals surface area contributed by atoms with Crippen LogP contribution in [0.4, 0.5) is 0 Å². The van der Waals surface area contributed by atoms with Crippen molar-refractivity contribution in [3.8, 4) is 0 Å². The second-order valence-corrected chi connectivity index (χ2v) is 4.96. The fourth-order valence-corrected chi connectivity index (χ4v) is 2.43. The minimum absolute atomic E-state index is 0.985. The standard InChI is InChI=1S/C11H22N2S/c1-3-11(2)10-12-4-5-13-6-8-14-9-7-13/h12H,2-10H2,1H3. The van der Waals surface area contributed by atoms with Crippen LogP contribution in [0.25, 0.3) is 0 Å². The van der Waals surface area contributed by atoms with Gasteiger partial charge in [-0.25, -0.2) is 0 Å². The summed E-state index contributed by atoms with van der Waals surface area (Å²) in [6.07, 6.45) is 1.09. The Kier molecular flexibility index (Phi) is 6.32. The average Bonchev–Trinajstić information content (AvgIpc) is 2.25. The maximum Gasteiger partial charge on any atom is 0.0162 e. The lowest BCUT2D eigenvalue weighted by Crippen LogP contribution is -2.38. The topological polar surface area (TPSA) is 15.3 Å². The van der Waals surface area contributed by atoms with Crippen molar-refractivity contribution in [2.45, 2.75) is 13.3 Å². The molecule has 0 bridgehead atoms. The van der Waals surface area contributed by atoms with Gasteiger partial charge in [0.05, 0.1) is 0 Å². The number of thioether (sulfide) groups is 1. The summed E-state index contributed by atoms with van der Waals surface area (Å²) in [6.45, 7) is 11.9. The molecule has 0 aromatic heterocycles. The maximum absolute atomic E-state index is 3.98. The molecule has 0 aromatic rings. The predicted molar refractivity (Wildman–Crippen MR) is 66.1 cm³/mol. The van der Waals surface area contributed by atoms with Crippen LogP contribution in [-0.2, 0) is 0 Å². The number of nitrogens with one attached hydrogen (secondary N) is 1. The van der Waals surface area contributed by atoms with Crippen LogP contribution in [0.15, 0.2) is 12.2 Å². The van der Waals surface area contributed by atoms with Crippen molar-refractivity contribution in [1.82, 2.24) is 10.2 Å². The highest BCUT2D eigenvalue weighted by Gasteiger charge is 2.08. The molecule has 14 heavy (non-hydrogen) atoms. The van der Waals surface area contributed by atoms with Crippen LogP contribution >= 0.6 is 11.8 Å². The van der Waals surface area contributed by atoms with Gasteiger partial charge in [0.2, 0.25) is 0 Å². The first-order chi connectivity index (χ1) is 6.83. The molecule has 3 heteroatoms. The molecule has 0 saturated carbocycles. The van der Waals surface area contributed by atoms with E-state index in [1.165, 1.54) is 36.7 Å². The second kappa shape index (κ2) is 7.32. The lowest BCUT2D eigenvalue weighted by Gasteiger charge is -2.26. The summed E-state index contributed by atoms with van der Waals surface area (Å²) in [4.78, 5) is 2.54. The van der Waals surface area contributed by atoms with Crippen molar-refractivity contribution in [1.29, 1.82) is 0 Å². The number of nitrogens with zero attached hydrogens (tertiary/aromatic N) is 1. The van der Waals surface area contributed by atoms with E-state index in [2.05, 4.69) is 35.5 Å². The molecule has 1 aliphatic rings. The number of rotatable bonds is 6. The molecular weight excluding hydrogens is 192 g/mol. The Morgan fingerprint density at radius 3 is 2.79 bits per heavy atom. The fourth-order valence-electron chi connectivity index (χ4n) is 1.45. The second-order valence-electron chi connectivity index (χ2n) is 3.73. The van der Waals surface area contributed by atoms with E-state index in [9.17, 15) is 0 Å². The lowest BCUT2D eigenvalue weighted by molar-refractivity contribution is 0.302. The Morgan fingerprint density at radius 1 is 1.43 bits per heavy atom.